The molecular formula is C23H40IN5. The molecule has 2 saturated heterocycles. The standard InChI is InChI=1S/C23H39N5.HI/c1-3-22(28-14-8-9-15-28)18-25-23(24-4-2)26-21-12-16-27(17-13-21)19-20-10-6-5-7-11-20;/h5-7,10-11,21-22H,3-4,8-9,12-19H2,1-2H3,(H2,24,25,26);1H. The fourth-order valence-electron chi connectivity index (χ4n) is 4.40. The van der Waals surface area contributed by atoms with Crippen LogP contribution in [0.1, 0.15) is 51.5 Å². The summed E-state index contributed by atoms with van der Waals surface area (Å²) in [5, 5.41) is 7.16. The Kier molecular flexibility index (Phi) is 11.3. The predicted octanol–water partition coefficient (Wildman–Crippen LogP) is 3.70. The zero-order valence-corrected chi connectivity index (χ0v) is 20.6. The number of hydrogen-bond donors (Lipinski definition) is 2. The van der Waals surface area contributed by atoms with Gasteiger partial charge in [0.25, 0.3) is 0 Å². The van der Waals surface area contributed by atoms with E-state index in [2.05, 4.69) is 64.6 Å². The van der Waals surface area contributed by atoms with Gasteiger partial charge in [0.05, 0.1) is 6.54 Å². The summed E-state index contributed by atoms with van der Waals surface area (Å²) in [6, 6.07) is 11.9. The van der Waals surface area contributed by atoms with Gasteiger partial charge in [-0.1, -0.05) is 37.3 Å². The van der Waals surface area contributed by atoms with E-state index in [4.69, 9.17) is 4.99 Å². The zero-order valence-electron chi connectivity index (χ0n) is 18.3. The van der Waals surface area contributed by atoms with Crippen molar-refractivity contribution in [2.24, 2.45) is 4.99 Å². The molecule has 1 atom stereocenters. The molecule has 0 amide bonds. The van der Waals surface area contributed by atoms with Crippen molar-refractivity contribution in [1.29, 1.82) is 0 Å². The Morgan fingerprint density at radius 2 is 1.76 bits per heavy atom. The molecule has 0 saturated carbocycles. The van der Waals surface area contributed by atoms with Gasteiger partial charge in [0.15, 0.2) is 5.96 Å². The van der Waals surface area contributed by atoms with Gasteiger partial charge < -0.3 is 10.6 Å². The largest absolute Gasteiger partial charge is 0.357 e. The Balaban J connectivity index is 0.00000300. The first-order chi connectivity index (χ1) is 13.8. The molecule has 5 nitrogen and oxygen atoms in total. The van der Waals surface area contributed by atoms with E-state index < -0.39 is 0 Å². The highest BCUT2D eigenvalue weighted by atomic mass is 127. The number of hydrogen-bond acceptors (Lipinski definition) is 3. The van der Waals surface area contributed by atoms with E-state index in [-0.39, 0.29) is 24.0 Å². The van der Waals surface area contributed by atoms with Crippen LogP contribution in [0.4, 0.5) is 0 Å². The summed E-state index contributed by atoms with van der Waals surface area (Å²) in [6.45, 7) is 12.1. The highest BCUT2D eigenvalue weighted by Crippen LogP contribution is 2.15. The lowest BCUT2D eigenvalue weighted by Crippen LogP contribution is -2.49. The summed E-state index contributed by atoms with van der Waals surface area (Å²) in [5.41, 5.74) is 1.41. The number of halogens is 1. The second-order valence-electron chi connectivity index (χ2n) is 8.21. The van der Waals surface area contributed by atoms with Crippen molar-refractivity contribution < 1.29 is 0 Å². The minimum atomic E-state index is 0. The maximum atomic E-state index is 4.95. The predicted molar refractivity (Wildman–Crippen MR) is 134 cm³/mol. The minimum absolute atomic E-state index is 0. The normalized spacial score (nSPS) is 20.3. The number of piperidine rings is 1. The van der Waals surface area contributed by atoms with Crippen molar-refractivity contribution in [2.45, 2.75) is 64.6 Å². The summed E-state index contributed by atoms with van der Waals surface area (Å²) in [6.07, 6.45) is 6.24. The first-order valence-electron chi connectivity index (χ1n) is 11.3. The van der Waals surface area contributed by atoms with Crippen molar-refractivity contribution in [3.8, 4) is 0 Å². The summed E-state index contributed by atoms with van der Waals surface area (Å²) in [5.74, 6) is 1.00. The molecule has 2 N–H and O–H groups in total. The summed E-state index contributed by atoms with van der Waals surface area (Å²) < 4.78 is 0. The molecule has 2 aliphatic rings. The first kappa shape index (κ1) is 24.4. The Morgan fingerprint density at radius 3 is 2.38 bits per heavy atom. The average Bonchev–Trinajstić information content (AvgIpc) is 3.25. The van der Waals surface area contributed by atoms with Crippen LogP contribution in [0, 0.1) is 0 Å². The molecule has 29 heavy (non-hydrogen) atoms. The summed E-state index contributed by atoms with van der Waals surface area (Å²) in [7, 11) is 0. The van der Waals surface area contributed by atoms with Crippen LogP contribution < -0.4 is 10.6 Å². The molecule has 1 aromatic carbocycles. The number of benzene rings is 1. The van der Waals surface area contributed by atoms with Crippen LogP contribution in [0.5, 0.6) is 0 Å². The van der Waals surface area contributed by atoms with Gasteiger partial charge in [-0.05, 0) is 57.7 Å². The topological polar surface area (TPSA) is 42.9 Å². The molecule has 1 unspecified atom stereocenters. The molecule has 2 aliphatic heterocycles. The molecule has 1 aromatic rings. The molecular weight excluding hydrogens is 473 g/mol. The zero-order chi connectivity index (χ0) is 19.6. The van der Waals surface area contributed by atoms with Crippen molar-refractivity contribution in [1.82, 2.24) is 20.4 Å². The van der Waals surface area contributed by atoms with Gasteiger partial charge in [-0.3, -0.25) is 14.8 Å². The highest BCUT2D eigenvalue weighted by molar-refractivity contribution is 14.0. The van der Waals surface area contributed by atoms with Crippen LogP contribution >= 0.6 is 24.0 Å². The van der Waals surface area contributed by atoms with Gasteiger partial charge in [0.2, 0.25) is 0 Å². The molecule has 0 aromatic heterocycles. The number of rotatable bonds is 8. The SMILES string of the molecule is CCNC(=NCC(CC)N1CCCC1)NC1CCN(Cc2ccccc2)CC1.I. The number of guanidine groups is 1. The van der Waals surface area contributed by atoms with Crippen LogP contribution in [-0.4, -0.2) is 67.1 Å². The third kappa shape index (κ3) is 8.06. The minimum Gasteiger partial charge on any atom is -0.357 e. The van der Waals surface area contributed by atoms with Crippen LogP contribution in [-0.2, 0) is 6.54 Å². The van der Waals surface area contributed by atoms with E-state index in [1.54, 1.807) is 0 Å². The first-order valence-corrected chi connectivity index (χ1v) is 11.3. The lowest BCUT2D eigenvalue weighted by atomic mass is 10.0. The van der Waals surface area contributed by atoms with E-state index in [9.17, 15) is 0 Å². The lowest BCUT2D eigenvalue weighted by Gasteiger charge is -2.33. The monoisotopic (exact) mass is 513 g/mol. The molecule has 0 spiro atoms. The highest BCUT2D eigenvalue weighted by Gasteiger charge is 2.22. The Bertz CT molecular complexity index is 580. The van der Waals surface area contributed by atoms with E-state index in [0.29, 0.717) is 12.1 Å². The third-order valence-corrected chi connectivity index (χ3v) is 6.11. The van der Waals surface area contributed by atoms with Gasteiger partial charge in [-0.15, -0.1) is 24.0 Å². The molecule has 0 aliphatic carbocycles. The fourth-order valence-corrected chi connectivity index (χ4v) is 4.40. The van der Waals surface area contributed by atoms with E-state index in [1.165, 1.54) is 50.8 Å². The number of likely N-dealkylation sites (tertiary alicyclic amines) is 2. The second kappa shape index (κ2) is 13.4. The van der Waals surface area contributed by atoms with Crippen molar-refractivity contribution >= 4 is 29.9 Å². The maximum absolute atomic E-state index is 4.95. The molecule has 164 valence electrons. The second-order valence-corrected chi connectivity index (χ2v) is 8.21. The molecule has 2 heterocycles. The molecule has 0 radical (unpaired) electrons. The van der Waals surface area contributed by atoms with Crippen molar-refractivity contribution in [2.75, 3.05) is 39.3 Å². The quantitative estimate of drug-likeness (QED) is 0.316. The lowest BCUT2D eigenvalue weighted by molar-refractivity contribution is 0.198. The Morgan fingerprint density at radius 1 is 1.07 bits per heavy atom. The maximum Gasteiger partial charge on any atom is 0.191 e. The smallest absolute Gasteiger partial charge is 0.191 e. The summed E-state index contributed by atoms with van der Waals surface area (Å²) in [4.78, 5) is 10.1. The number of nitrogens with zero attached hydrogens (tertiary/aromatic N) is 3. The third-order valence-electron chi connectivity index (χ3n) is 6.11. The van der Waals surface area contributed by atoms with Gasteiger partial charge in [-0.2, -0.15) is 0 Å². The van der Waals surface area contributed by atoms with Gasteiger partial charge in [-0.25, -0.2) is 0 Å². The van der Waals surface area contributed by atoms with Crippen molar-refractivity contribution in [3.63, 3.8) is 0 Å². The van der Waals surface area contributed by atoms with E-state index in [0.717, 1.165) is 38.7 Å². The van der Waals surface area contributed by atoms with Crippen LogP contribution in [0.25, 0.3) is 0 Å². The van der Waals surface area contributed by atoms with Crippen LogP contribution in [0.3, 0.4) is 0 Å². The van der Waals surface area contributed by atoms with E-state index >= 15 is 0 Å². The average molecular weight is 514 g/mol. The van der Waals surface area contributed by atoms with E-state index in [1.807, 2.05) is 0 Å². The van der Waals surface area contributed by atoms with Crippen molar-refractivity contribution in [3.05, 3.63) is 35.9 Å². The Labute approximate surface area is 194 Å². The fraction of sp³-hybridized carbons (Fsp3) is 0.696. The van der Waals surface area contributed by atoms with Gasteiger partial charge >= 0.3 is 0 Å². The molecule has 6 heteroatoms. The number of aliphatic imine (C=N–C) groups is 1. The summed E-state index contributed by atoms with van der Waals surface area (Å²) >= 11 is 0. The molecule has 3 rings (SSSR count). The Hall–Kier alpha value is -0.860. The van der Waals surface area contributed by atoms with Gasteiger partial charge in [0, 0.05) is 38.3 Å². The van der Waals surface area contributed by atoms with Crippen LogP contribution in [0.2, 0.25) is 0 Å². The molecule has 0 bridgehead atoms. The van der Waals surface area contributed by atoms with Gasteiger partial charge in [0.1, 0.15) is 0 Å². The number of nitrogens with one attached hydrogen (secondary N) is 2. The molecule has 2 fully saturated rings. The van der Waals surface area contributed by atoms with Crippen LogP contribution in [0.15, 0.2) is 35.3 Å².